The van der Waals surface area contributed by atoms with E-state index in [9.17, 15) is 4.79 Å². The highest BCUT2D eigenvalue weighted by atomic mass is 35.5. The van der Waals surface area contributed by atoms with E-state index >= 15 is 0 Å². The summed E-state index contributed by atoms with van der Waals surface area (Å²) in [6.07, 6.45) is 4.36. The third-order valence-corrected chi connectivity index (χ3v) is 5.31. The van der Waals surface area contributed by atoms with Crippen LogP contribution in [-0.2, 0) is 10.3 Å². The van der Waals surface area contributed by atoms with Gasteiger partial charge in [0.15, 0.2) is 5.11 Å². The number of rotatable bonds is 4. The van der Waals surface area contributed by atoms with Gasteiger partial charge in [0, 0.05) is 0 Å². The number of anilines is 1. The zero-order valence-electron chi connectivity index (χ0n) is 14.5. The first-order chi connectivity index (χ1) is 12.5. The third-order valence-electron chi connectivity index (χ3n) is 4.77. The third kappa shape index (κ3) is 4.00. The Hall–Kier alpha value is -2.11. The predicted octanol–water partition coefficient (Wildman–Crippen LogP) is 4.88. The number of ether oxygens (including phenoxy) is 1. The van der Waals surface area contributed by atoms with Crippen LogP contribution in [0.1, 0.15) is 41.6 Å². The lowest BCUT2D eigenvalue weighted by Crippen LogP contribution is -2.45. The monoisotopic (exact) mass is 388 g/mol. The highest BCUT2D eigenvalue weighted by molar-refractivity contribution is 7.80. The Bertz CT molecular complexity index is 805. The zero-order chi connectivity index (χ0) is 18.6. The maximum Gasteiger partial charge on any atom is 0.337 e. The number of methoxy groups -OCH3 is 1. The van der Waals surface area contributed by atoms with Crippen molar-refractivity contribution in [3.63, 3.8) is 0 Å². The fourth-order valence-electron chi connectivity index (χ4n) is 3.46. The van der Waals surface area contributed by atoms with Gasteiger partial charge in [-0.1, -0.05) is 54.8 Å². The quantitative estimate of drug-likeness (QED) is 0.577. The molecule has 2 aromatic carbocycles. The van der Waals surface area contributed by atoms with Crippen molar-refractivity contribution in [2.45, 2.75) is 31.2 Å². The Balaban J connectivity index is 1.79. The molecule has 0 amide bonds. The van der Waals surface area contributed by atoms with Crippen molar-refractivity contribution in [3.05, 3.63) is 64.7 Å². The Morgan fingerprint density at radius 1 is 1.15 bits per heavy atom. The van der Waals surface area contributed by atoms with Gasteiger partial charge in [0.05, 0.1) is 28.9 Å². The van der Waals surface area contributed by atoms with E-state index < -0.39 is 5.97 Å². The Morgan fingerprint density at radius 3 is 2.50 bits per heavy atom. The molecule has 0 atom stereocenters. The molecule has 2 N–H and O–H groups in total. The molecule has 3 rings (SSSR count). The molecule has 4 nitrogen and oxygen atoms in total. The van der Waals surface area contributed by atoms with Crippen LogP contribution in [0.5, 0.6) is 0 Å². The van der Waals surface area contributed by atoms with Gasteiger partial charge < -0.3 is 15.4 Å². The molecule has 26 heavy (non-hydrogen) atoms. The molecule has 0 aromatic heterocycles. The van der Waals surface area contributed by atoms with Gasteiger partial charge in [0.1, 0.15) is 0 Å². The first-order valence-corrected chi connectivity index (χ1v) is 9.35. The lowest BCUT2D eigenvalue weighted by Gasteiger charge is -2.32. The van der Waals surface area contributed by atoms with Crippen LogP contribution in [0, 0.1) is 0 Å². The Labute approximate surface area is 163 Å². The van der Waals surface area contributed by atoms with E-state index in [1.807, 2.05) is 18.2 Å². The molecule has 0 aliphatic heterocycles. The molecule has 0 saturated heterocycles. The van der Waals surface area contributed by atoms with Crippen LogP contribution in [0.25, 0.3) is 0 Å². The van der Waals surface area contributed by atoms with Gasteiger partial charge >= 0.3 is 5.97 Å². The fraction of sp³-hybridized carbons (Fsp3) is 0.300. The molecule has 1 fully saturated rings. The molecule has 1 saturated carbocycles. The molecular formula is C20H21ClN2O2S. The fourth-order valence-corrected chi connectivity index (χ4v) is 3.93. The molecule has 1 aliphatic rings. The van der Waals surface area contributed by atoms with Crippen LogP contribution in [0.2, 0.25) is 5.02 Å². The summed E-state index contributed by atoms with van der Waals surface area (Å²) in [4.78, 5) is 11.7. The molecule has 0 heterocycles. The van der Waals surface area contributed by atoms with E-state index in [0.29, 0.717) is 21.4 Å². The number of esters is 1. The zero-order valence-corrected chi connectivity index (χ0v) is 16.1. The average molecular weight is 389 g/mol. The number of hydrogen-bond donors (Lipinski definition) is 2. The Morgan fingerprint density at radius 2 is 1.85 bits per heavy atom. The molecule has 0 radical (unpaired) electrons. The van der Waals surface area contributed by atoms with Crippen molar-refractivity contribution in [2.24, 2.45) is 0 Å². The SMILES string of the molecule is COC(=O)c1ccc(Cl)c(NC(=S)NC2(c3ccccc3)CCCC2)c1. The maximum absolute atomic E-state index is 11.7. The Kier molecular flexibility index (Phi) is 5.79. The largest absolute Gasteiger partial charge is 0.465 e. The molecular weight excluding hydrogens is 368 g/mol. The first kappa shape index (κ1) is 18.7. The number of carbonyl (C=O) groups is 1. The summed E-state index contributed by atoms with van der Waals surface area (Å²) in [5, 5.41) is 7.60. The van der Waals surface area contributed by atoms with E-state index in [4.69, 9.17) is 28.6 Å². The second-order valence-electron chi connectivity index (χ2n) is 6.42. The summed E-state index contributed by atoms with van der Waals surface area (Å²) in [6, 6.07) is 15.3. The molecule has 0 bridgehead atoms. The summed E-state index contributed by atoms with van der Waals surface area (Å²) in [5.41, 5.74) is 2.06. The minimum atomic E-state index is -0.417. The van der Waals surface area contributed by atoms with Gasteiger partial charge in [-0.3, -0.25) is 0 Å². The lowest BCUT2D eigenvalue weighted by molar-refractivity contribution is 0.0601. The van der Waals surface area contributed by atoms with Crippen LogP contribution in [0.3, 0.4) is 0 Å². The molecule has 6 heteroatoms. The van der Waals surface area contributed by atoms with Gasteiger partial charge in [0.25, 0.3) is 0 Å². The van der Waals surface area contributed by atoms with Crippen molar-refractivity contribution in [3.8, 4) is 0 Å². The summed E-state index contributed by atoms with van der Waals surface area (Å²) in [6.45, 7) is 0. The normalized spacial score (nSPS) is 15.3. The van der Waals surface area contributed by atoms with Gasteiger partial charge in [-0.05, 0) is 48.8 Å². The van der Waals surface area contributed by atoms with Gasteiger partial charge in [-0.15, -0.1) is 0 Å². The van der Waals surface area contributed by atoms with Crippen molar-refractivity contribution in [1.82, 2.24) is 5.32 Å². The number of benzene rings is 2. The molecule has 1 aliphatic carbocycles. The van der Waals surface area contributed by atoms with Crippen molar-refractivity contribution in [2.75, 3.05) is 12.4 Å². The van der Waals surface area contributed by atoms with Crippen LogP contribution in [0.4, 0.5) is 5.69 Å². The van der Waals surface area contributed by atoms with Gasteiger partial charge in [0.2, 0.25) is 0 Å². The molecule has 2 aromatic rings. The van der Waals surface area contributed by atoms with Crippen LogP contribution in [-0.4, -0.2) is 18.2 Å². The predicted molar refractivity (Wildman–Crippen MR) is 109 cm³/mol. The van der Waals surface area contributed by atoms with Crippen LogP contribution in [0.15, 0.2) is 48.5 Å². The number of hydrogen-bond acceptors (Lipinski definition) is 3. The number of thiocarbonyl (C=S) groups is 1. The summed E-state index contributed by atoms with van der Waals surface area (Å²) in [5.74, 6) is -0.417. The maximum atomic E-state index is 11.7. The average Bonchev–Trinajstić information content (AvgIpc) is 3.13. The number of nitrogens with one attached hydrogen (secondary N) is 2. The standard InChI is InChI=1S/C20H21ClN2O2S/c1-25-18(24)14-9-10-16(21)17(13-14)22-19(26)23-20(11-5-6-12-20)15-7-3-2-4-8-15/h2-4,7-10,13H,5-6,11-12H2,1H3,(H2,22,23,26). The second kappa shape index (κ2) is 8.06. The number of halogens is 1. The van der Waals surface area contributed by atoms with E-state index in [2.05, 4.69) is 22.8 Å². The minimum absolute atomic E-state index is 0.169. The summed E-state index contributed by atoms with van der Waals surface area (Å²) < 4.78 is 4.76. The lowest BCUT2D eigenvalue weighted by atomic mass is 9.88. The first-order valence-electron chi connectivity index (χ1n) is 8.57. The van der Waals surface area contributed by atoms with Crippen molar-refractivity contribution < 1.29 is 9.53 Å². The van der Waals surface area contributed by atoms with Crippen molar-refractivity contribution in [1.29, 1.82) is 0 Å². The summed E-state index contributed by atoms with van der Waals surface area (Å²) in [7, 11) is 1.35. The van der Waals surface area contributed by atoms with E-state index in [1.54, 1.807) is 18.2 Å². The molecule has 0 unspecified atom stereocenters. The topological polar surface area (TPSA) is 50.4 Å². The highest BCUT2D eigenvalue weighted by Gasteiger charge is 2.36. The molecule has 0 spiro atoms. The number of carbonyl (C=O) groups excluding carboxylic acids is 1. The summed E-state index contributed by atoms with van der Waals surface area (Å²) >= 11 is 11.8. The van der Waals surface area contributed by atoms with E-state index in [1.165, 1.54) is 12.7 Å². The van der Waals surface area contributed by atoms with Gasteiger partial charge in [-0.2, -0.15) is 0 Å². The minimum Gasteiger partial charge on any atom is -0.465 e. The van der Waals surface area contributed by atoms with Crippen LogP contribution < -0.4 is 10.6 Å². The highest BCUT2D eigenvalue weighted by Crippen LogP contribution is 2.38. The molecule has 136 valence electrons. The van der Waals surface area contributed by atoms with Crippen molar-refractivity contribution >= 4 is 40.6 Å². The van der Waals surface area contributed by atoms with E-state index in [-0.39, 0.29) is 5.54 Å². The van der Waals surface area contributed by atoms with Gasteiger partial charge in [-0.25, -0.2) is 4.79 Å². The van der Waals surface area contributed by atoms with E-state index in [0.717, 1.165) is 25.7 Å². The smallest absolute Gasteiger partial charge is 0.337 e. The second-order valence-corrected chi connectivity index (χ2v) is 7.24. The van der Waals surface area contributed by atoms with Crippen LogP contribution >= 0.6 is 23.8 Å².